The van der Waals surface area contributed by atoms with Crippen molar-refractivity contribution in [2.24, 2.45) is 16.8 Å². The van der Waals surface area contributed by atoms with Gasteiger partial charge in [0.1, 0.15) is 0 Å². The summed E-state index contributed by atoms with van der Waals surface area (Å²) in [6.45, 7) is 0.751. The van der Waals surface area contributed by atoms with E-state index in [1.165, 1.54) is 11.1 Å². The minimum absolute atomic E-state index is 0.00288. The fraction of sp³-hybridized carbons (Fsp3) is 0.429. The Morgan fingerprint density at radius 1 is 1.28 bits per heavy atom. The molecular weight excluding hydrogens is 226 g/mol. The van der Waals surface area contributed by atoms with Crippen molar-refractivity contribution >= 4 is 11.6 Å². The lowest BCUT2D eigenvalue weighted by atomic mass is 10.00. The first kappa shape index (κ1) is 11.4. The van der Waals surface area contributed by atoms with Crippen molar-refractivity contribution in [2.45, 2.75) is 25.7 Å². The number of hydrogen-bond donors (Lipinski definition) is 2. The quantitative estimate of drug-likeness (QED) is 0.813. The standard InChI is InChI=1S/C14H17N3O/c15-8-9-5-10-1-2-11(7-12(10)6-9)13-3-4-14(18)17-16-13/h1-2,7,9H,3-6,8,15H2,(H,17,18). The van der Waals surface area contributed by atoms with Gasteiger partial charge in [-0.15, -0.1) is 0 Å². The second kappa shape index (κ2) is 4.53. The number of fused-ring (bicyclic) bond motifs is 1. The first-order chi connectivity index (χ1) is 8.76. The average molecular weight is 243 g/mol. The molecule has 1 aromatic rings. The number of rotatable bonds is 2. The molecule has 4 nitrogen and oxygen atoms in total. The molecule has 3 rings (SSSR count). The molecular formula is C14H17N3O. The summed E-state index contributed by atoms with van der Waals surface area (Å²) < 4.78 is 0. The van der Waals surface area contributed by atoms with Gasteiger partial charge in [0.25, 0.3) is 0 Å². The third kappa shape index (κ3) is 2.04. The predicted octanol–water partition coefficient (Wildman–Crippen LogP) is 0.974. The van der Waals surface area contributed by atoms with Gasteiger partial charge in [-0.05, 0) is 48.1 Å². The SMILES string of the molecule is NCC1Cc2ccc(C3=NNC(=O)CC3)cc2C1. The first-order valence-electron chi connectivity index (χ1n) is 6.44. The van der Waals surface area contributed by atoms with Gasteiger partial charge in [-0.1, -0.05) is 12.1 Å². The molecule has 0 radical (unpaired) electrons. The maximum absolute atomic E-state index is 11.1. The van der Waals surface area contributed by atoms with Crippen LogP contribution in [0.3, 0.4) is 0 Å². The van der Waals surface area contributed by atoms with Crippen LogP contribution >= 0.6 is 0 Å². The average Bonchev–Trinajstić information content (AvgIpc) is 2.81. The molecule has 1 aliphatic carbocycles. The number of benzene rings is 1. The Kier molecular flexibility index (Phi) is 2.88. The van der Waals surface area contributed by atoms with E-state index in [9.17, 15) is 4.79 Å². The van der Waals surface area contributed by atoms with E-state index in [2.05, 4.69) is 28.7 Å². The zero-order chi connectivity index (χ0) is 12.5. The van der Waals surface area contributed by atoms with Crippen molar-refractivity contribution in [1.29, 1.82) is 0 Å². The van der Waals surface area contributed by atoms with Crippen LogP contribution in [0.15, 0.2) is 23.3 Å². The summed E-state index contributed by atoms with van der Waals surface area (Å²) in [7, 11) is 0. The van der Waals surface area contributed by atoms with E-state index < -0.39 is 0 Å². The highest BCUT2D eigenvalue weighted by Crippen LogP contribution is 2.27. The summed E-state index contributed by atoms with van der Waals surface area (Å²) in [6.07, 6.45) is 3.42. The first-order valence-corrected chi connectivity index (χ1v) is 6.44. The Balaban J connectivity index is 1.86. The second-order valence-electron chi connectivity index (χ2n) is 5.09. The van der Waals surface area contributed by atoms with Crippen molar-refractivity contribution in [1.82, 2.24) is 5.43 Å². The van der Waals surface area contributed by atoms with E-state index in [0.29, 0.717) is 12.3 Å². The molecule has 18 heavy (non-hydrogen) atoms. The number of carbonyl (C=O) groups is 1. The van der Waals surface area contributed by atoms with E-state index in [4.69, 9.17) is 5.73 Å². The number of amides is 1. The summed E-state index contributed by atoms with van der Waals surface area (Å²) in [6, 6.07) is 6.49. The lowest BCUT2D eigenvalue weighted by Crippen LogP contribution is -2.25. The van der Waals surface area contributed by atoms with Crippen LogP contribution in [0.4, 0.5) is 0 Å². The van der Waals surface area contributed by atoms with Gasteiger partial charge in [0, 0.05) is 12.8 Å². The molecule has 1 aliphatic heterocycles. The van der Waals surface area contributed by atoms with Gasteiger partial charge in [-0.2, -0.15) is 5.10 Å². The molecule has 1 atom stereocenters. The molecule has 1 unspecified atom stereocenters. The number of carbonyl (C=O) groups excluding carboxylic acids is 1. The number of hydrogen-bond acceptors (Lipinski definition) is 3. The fourth-order valence-corrected chi connectivity index (χ4v) is 2.74. The molecule has 1 heterocycles. The zero-order valence-corrected chi connectivity index (χ0v) is 10.3. The molecule has 0 saturated carbocycles. The Bertz CT molecular complexity index is 522. The van der Waals surface area contributed by atoms with Crippen LogP contribution in [0.5, 0.6) is 0 Å². The van der Waals surface area contributed by atoms with Crippen LogP contribution in [0.1, 0.15) is 29.5 Å². The highest BCUT2D eigenvalue weighted by molar-refractivity contribution is 6.04. The van der Waals surface area contributed by atoms with Crippen LogP contribution in [-0.2, 0) is 17.6 Å². The van der Waals surface area contributed by atoms with E-state index in [1.807, 2.05) is 0 Å². The van der Waals surface area contributed by atoms with Crippen molar-refractivity contribution in [3.8, 4) is 0 Å². The van der Waals surface area contributed by atoms with Crippen LogP contribution in [-0.4, -0.2) is 18.2 Å². The highest BCUT2D eigenvalue weighted by atomic mass is 16.2. The Morgan fingerprint density at radius 2 is 2.11 bits per heavy atom. The van der Waals surface area contributed by atoms with Crippen molar-refractivity contribution in [3.05, 3.63) is 34.9 Å². The molecule has 1 amide bonds. The molecule has 0 bridgehead atoms. The summed E-state index contributed by atoms with van der Waals surface area (Å²) in [4.78, 5) is 11.1. The lowest BCUT2D eigenvalue weighted by molar-refractivity contribution is -0.121. The zero-order valence-electron chi connectivity index (χ0n) is 10.3. The van der Waals surface area contributed by atoms with Gasteiger partial charge in [-0.3, -0.25) is 4.79 Å². The van der Waals surface area contributed by atoms with E-state index >= 15 is 0 Å². The maximum atomic E-state index is 11.1. The summed E-state index contributed by atoms with van der Waals surface area (Å²) in [5.41, 5.74) is 13.2. The van der Waals surface area contributed by atoms with Gasteiger partial charge >= 0.3 is 0 Å². The third-order valence-corrected chi connectivity index (χ3v) is 3.79. The number of hydrazone groups is 1. The Morgan fingerprint density at radius 3 is 2.83 bits per heavy atom. The molecule has 94 valence electrons. The number of nitrogens with zero attached hydrogens (tertiary/aromatic N) is 1. The van der Waals surface area contributed by atoms with Crippen LogP contribution in [0.2, 0.25) is 0 Å². The van der Waals surface area contributed by atoms with Gasteiger partial charge in [0.05, 0.1) is 5.71 Å². The molecule has 0 spiro atoms. The third-order valence-electron chi connectivity index (χ3n) is 3.79. The molecule has 2 aliphatic rings. The van der Waals surface area contributed by atoms with Gasteiger partial charge in [0.2, 0.25) is 5.91 Å². The van der Waals surface area contributed by atoms with Crippen LogP contribution < -0.4 is 11.2 Å². The van der Waals surface area contributed by atoms with Crippen molar-refractivity contribution in [3.63, 3.8) is 0 Å². The Labute approximate surface area is 106 Å². The fourth-order valence-electron chi connectivity index (χ4n) is 2.74. The van der Waals surface area contributed by atoms with E-state index in [1.54, 1.807) is 0 Å². The molecule has 0 fully saturated rings. The monoisotopic (exact) mass is 243 g/mol. The summed E-state index contributed by atoms with van der Waals surface area (Å²) in [5, 5.41) is 4.14. The molecule has 3 N–H and O–H groups in total. The topological polar surface area (TPSA) is 67.5 Å². The van der Waals surface area contributed by atoms with Crippen LogP contribution in [0.25, 0.3) is 0 Å². The normalized spacial score (nSPS) is 22.4. The van der Waals surface area contributed by atoms with Gasteiger partial charge in [-0.25, -0.2) is 5.43 Å². The van der Waals surface area contributed by atoms with E-state index in [-0.39, 0.29) is 5.91 Å². The molecule has 0 aromatic heterocycles. The van der Waals surface area contributed by atoms with Crippen molar-refractivity contribution in [2.75, 3.05) is 6.54 Å². The predicted molar refractivity (Wildman–Crippen MR) is 70.3 cm³/mol. The number of nitrogens with one attached hydrogen (secondary N) is 1. The second-order valence-corrected chi connectivity index (χ2v) is 5.09. The highest BCUT2D eigenvalue weighted by Gasteiger charge is 2.21. The van der Waals surface area contributed by atoms with Gasteiger partial charge < -0.3 is 5.73 Å². The minimum Gasteiger partial charge on any atom is -0.330 e. The summed E-state index contributed by atoms with van der Waals surface area (Å²) in [5.74, 6) is 0.589. The number of nitrogens with two attached hydrogens (primary N) is 1. The Hall–Kier alpha value is -1.68. The van der Waals surface area contributed by atoms with E-state index in [0.717, 1.165) is 37.1 Å². The minimum atomic E-state index is 0.00288. The summed E-state index contributed by atoms with van der Waals surface area (Å²) >= 11 is 0. The smallest absolute Gasteiger partial charge is 0.240 e. The molecule has 0 saturated heterocycles. The van der Waals surface area contributed by atoms with Gasteiger partial charge in [0.15, 0.2) is 0 Å². The molecule has 1 aromatic carbocycles. The van der Waals surface area contributed by atoms with Crippen molar-refractivity contribution < 1.29 is 4.79 Å². The lowest BCUT2D eigenvalue weighted by Gasteiger charge is -2.13. The maximum Gasteiger partial charge on any atom is 0.240 e. The largest absolute Gasteiger partial charge is 0.330 e. The molecule has 4 heteroatoms. The van der Waals surface area contributed by atoms with Crippen LogP contribution in [0, 0.1) is 5.92 Å².